The molecule has 1 unspecified atom stereocenters. The summed E-state index contributed by atoms with van der Waals surface area (Å²) in [5, 5.41) is 26.3. The van der Waals surface area contributed by atoms with Crippen molar-refractivity contribution in [2.75, 3.05) is 10.6 Å². The number of halogens is 5. The number of hydrogen-bond donors (Lipinski definition) is 2. The topological polar surface area (TPSA) is 91.5 Å². The molecule has 1 fully saturated rings. The Kier molecular flexibility index (Phi) is 7.15. The third-order valence-electron chi connectivity index (χ3n) is 6.61. The molecule has 0 bridgehead atoms. The van der Waals surface area contributed by atoms with Crippen molar-refractivity contribution in [1.29, 1.82) is 5.26 Å². The number of nitrogens with one attached hydrogen (secondary N) is 2. The number of hydrogen-bond acceptors (Lipinski definition) is 6. The normalized spacial score (nSPS) is 13.7. The molecule has 7 nitrogen and oxygen atoms in total. The molecule has 2 heterocycles. The van der Waals surface area contributed by atoms with Crippen LogP contribution in [-0.4, -0.2) is 20.0 Å². The van der Waals surface area contributed by atoms with Crippen LogP contribution < -0.4 is 10.6 Å². The monoisotopic (exact) mass is 611 g/mol. The van der Waals surface area contributed by atoms with Crippen molar-refractivity contribution < 1.29 is 4.39 Å². The van der Waals surface area contributed by atoms with Gasteiger partial charge in [-0.1, -0.05) is 69.8 Å². The first-order valence-electron chi connectivity index (χ1n) is 12.2. The van der Waals surface area contributed by atoms with Crippen LogP contribution in [0.4, 0.5) is 21.5 Å². The second-order valence-corrected chi connectivity index (χ2v) is 10.9. The zero-order chi connectivity index (χ0) is 28.0. The fourth-order valence-corrected chi connectivity index (χ4v) is 5.27. The van der Waals surface area contributed by atoms with E-state index in [2.05, 4.69) is 32.0 Å². The molecule has 2 aromatic heterocycles. The Hall–Kier alpha value is -3.61. The fraction of sp³-hybridized carbons (Fsp3) is 0.143. The van der Waals surface area contributed by atoms with Crippen molar-refractivity contribution in [2.45, 2.75) is 24.9 Å². The van der Waals surface area contributed by atoms with Gasteiger partial charge < -0.3 is 10.6 Å². The average molecular weight is 613 g/mol. The predicted octanol–water partition coefficient (Wildman–Crippen LogP) is 8.73. The highest BCUT2D eigenvalue weighted by Crippen LogP contribution is 2.40. The van der Waals surface area contributed by atoms with Gasteiger partial charge in [-0.05, 0) is 48.7 Å². The van der Waals surface area contributed by atoms with E-state index in [4.69, 9.17) is 46.4 Å². The molecule has 1 aliphatic rings. The highest BCUT2D eigenvalue weighted by atomic mass is 35.5. The van der Waals surface area contributed by atoms with E-state index in [9.17, 15) is 9.65 Å². The molecule has 1 saturated carbocycles. The van der Waals surface area contributed by atoms with Crippen LogP contribution in [0.15, 0.2) is 60.9 Å². The maximum absolute atomic E-state index is 14.9. The van der Waals surface area contributed by atoms with Crippen LogP contribution in [0.5, 0.6) is 0 Å². The minimum atomic E-state index is -0.749. The Labute approximate surface area is 248 Å². The molecule has 0 amide bonds. The Bertz CT molecular complexity index is 1810. The summed E-state index contributed by atoms with van der Waals surface area (Å²) < 4.78 is 16.8. The van der Waals surface area contributed by atoms with Gasteiger partial charge in [0.25, 0.3) is 0 Å². The number of aromatic nitrogens is 4. The molecule has 6 rings (SSSR count). The van der Waals surface area contributed by atoms with E-state index >= 15 is 0 Å². The van der Waals surface area contributed by atoms with Crippen LogP contribution in [-0.2, 0) is 0 Å². The van der Waals surface area contributed by atoms with Crippen molar-refractivity contribution in [3.05, 3.63) is 104 Å². The van der Waals surface area contributed by atoms with Gasteiger partial charge in [0.1, 0.15) is 11.8 Å². The van der Waals surface area contributed by atoms with Crippen molar-refractivity contribution in [3.8, 4) is 6.07 Å². The second kappa shape index (κ2) is 10.8. The summed E-state index contributed by atoms with van der Waals surface area (Å²) in [5.74, 6) is -0.749. The minimum Gasteiger partial charge on any atom is -0.373 e. The first kappa shape index (κ1) is 26.6. The van der Waals surface area contributed by atoms with Crippen molar-refractivity contribution in [3.63, 3.8) is 0 Å². The second-order valence-electron chi connectivity index (χ2n) is 9.31. The van der Waals surface area contributed by atoms with Gasteiger partial charge in [0.05, 0.1) is 55.8 Å². The molecule has 5 aromatic rings. The molecular formula is C28H18Cl4FN7. The van der Waals surface area contributed by atoms with Crippen LogP contribution >= 0.6 is 46.4 Å². The summed E-state index contributed by atoms with van der Waals surface area (Å²) in [7, 11) is 0. The van der Waals surface area contributed by atoms with Gasteiger partial charge in [-0.3, -0.25) is 4.98 Å². The summed E-state index contributed by atoms with van der Waals surface area (Å²) in [6.45, 7) is 0. The summed E-state index contributed by atoms with van der Waals surface area (Å²) in [6.07, 6.45) is 5.42. The lowest BCUT2D eigenvalue weighted by atomic mass is 10.0. The molecule has 0 spiro atoms. The number of rotatable bonds is 7. The largest absolute Gasteiger partial charge is 0.373 e. The Morgan fingerprint density at radius 3 is 2.58 bits per heavy atom. The van der Waals surface area contributed by atoms with Gasteiger partial charge >= 0.3 is 0 Å². The molecule has 40 heavy (non-hydrogen) atoms. The fourth-order valence-electron chi connectivity index (χ4n) is 4.45. The molecule has 3 aromatic carbocycles. The third-order valence-corrected chi connectivity index (χ3v) is 8.03. The van der Waals surface area contributed by atoms with Crippen LogP contribution in [0.25, 0.3) is 10.9 Å². The molecule has 12 heteroatoms. The molecule has 1 aliphatic carbocycles. The molecule has 200 valence electrons. The van der Waals surface area contributed by atoms with E-state index in [1.165, 1.54) is 18.3 Å². The van der Waals surface area contributed by atoms with Gasteiger partial charge in [-0.15, -0.1) is 5.10 Å². The van der Waals surface area contributed by atoms with Crippen LogP contribution in [0.3, 0.4) is 0 Å². The first-order valence-corrected chi connectivity index (χ1v) is 13.7. The number of pyridine rings is 1. The molecule has 0 radical (unpaired) electrons. The highest BCUT2D eigenvalue weighted by Gasteiger charge is 2.28. The molecule has 0 saturated heterocycles. The summed E-state index contributed by atoms with van der Waals surface area (Å²) in [5.41, 5.74) is 3.02. The van der Waals surface area contributed by atoms with Crippen LogP contribution in [0.1, 0.15) is 41.7 Å². The zero-order valence-electron chi connectivity index (χ0n) is 20.5. The van der Waals surface area contributed by atoms with Gasteiger partial charge in [0.15, 0.2) is 5.82 Å². The predicted molar refractivity (Wildman–Crippen MR) is 156 cm³/mol. The number of nitrogens with zero attached hydrogens (tertiary/aromatic N) is 5. The van der Waals surface area contributed by atoms with Crippen LogP contribution in [0, 0.1) is 17.1 Å². The van der Waals surface area contributed by atoms with Gasteiger partial charge in [-0.25, -0.2) is 9.07 Å². The lowest BCUT2D eigenvalue weighted by Crippen LogP contribution is -2.14. The van der Waals surface area contributed by atoms with E-state index in [-0.39, 0.29) is 21.3 Å². The lowest BCUT2D eigenvalue weighted by Gasteiger charge is -2.21. The minimum absolute atomic E-state index is 0.0403. The highest BCUT2D eigenvalue weighted by molar-refractivity contribution is 6.42. The van der Waals surface area contributed by atoms with E-state index in [1.54, 1.807) is 18.2 Å². The standard InChI is InChI=1S/C28H18Cl4FN7/c29-19-4-2-1-3-17(19)28(23-13-40(39-38-23)16-5-6-16)36-15-9-18-26(14(11-34)12-35-27(18)21(31)10-15)37-22-8-7-20(30)24(32)25(22)33/h1-4,7-10,12-13,16,28,36H,5-6H2,(H,35,37). The molecule has 0 aliphatic heterocycles. The first-order chi connectivity index (χ1) is 19.3. The number of fused-ring (bicyclic) bond motifs is 1. The van der Waals surface area contributed by atoms with Crippen LogP contribution in [0.2, 0.25) is 20.1 Å². The summed E-state index contributed by atoms with van der Waals surface area (Å²) >= 11 is 25.3. The number of benzene rings is 3. The summed E-state index contributed by atoms with van der Waals surface area (Å²) in [6, 6.07) is 15.9. The Morgan fingerprint density at radius 2 is 1.82 bits per heavy atom. The average Bonchev–Trinajstić information content (AvgIpc) is 3.69. The van der Waals surface area contributed by atoms with E-state index in [1.807, 2.05) is 29.1 Å². The molecule has 1 atom stereocenters. The zero-order valence-corrected chi connectivity index (χ0v) is 23.5. The van der Waals surface area contributed by atoms with Crippen molar-refractivity contribution in [2.24, 2.45) is 0 Å². The van der Waals surface area contributed by atoms with Gasteiger partial charge in [0.2, 0.25) is 0 Å². The third kappa shape index (κ3) is 5.02. The van der Waals surface area contributed by atoms with Gasteiger partial charge in [0, 0.05) is 22.3 Å². The van der Waals surface area contributed by atoms with E-state index in [0.29, 0.717) is 44.1 Å². The van der Waals surface area contributed by atoms with Crippen molar-refractivity contribution >= 4 is 74.4 Å². The van der Waals surface area contributed by atoms with E-state index < -0.39 is 11.9 Å². The van der Waals surface area contributed by atoms with Crippen molar-refractivity contribution in [1.82, 2.24) is 20.0 Å². The lowest BCUT2D eigenvalue weighted by molar-refractivity contribution is 0.610. The molecule has 2 N–H and O–H groups in total. The number of nitriles is 1. The quantitative estimate of drug-likeness (QED) is 0.179. The summed E-state index contributed by atoms with van der Waals surface area (Å²) in [4.78, 5) is 4.38. The number of anilines is 3. The van der Waals surface area contributed by atoms with Gasteiger partial charge in [-0.2, -0.15) is 5.26 Å². The Balaban J connectivity index is 1.46. The smallest absolute Gasteiger partial charge is 0.166 e. The Morgan fingerprint density at radius 1 is 1.02 bits per heavy atom. The maximum Gasteiger partial charge on any atom is 0.166 e. The molecular weight excluding hydrogens is 595 g/mol. The van der Waals surface area contributed by atoms with E-state index in [0.717, 1.165) is 18.4 Å². The SMILES string of the molecule is N#Cc1cnc2c(Cl)cc(NC(c3cn(C4CC4)nn3)c3ccccc3Cl)cc2c1Nc1ccc(Cl)c(Cl)c1F. The maximum atomic E-state index is 14.9.